The van der Waals surface area contributed by atoms with Crippen LogP contribution in [0.2, 0.25) is 12.1 Å². The molecule has 12 nitrogen and oxygen atoms in total. The molecule has 2 aromatic rings. The third-order valence-electron chi connectivity index (χ3n) is 8.23. The van der Waals surface area contributed by atoms with Crippen LogP contribution >= 0.6 is 0 Å². The zero-order valence-electron chi connectivity index (χ0n) is 28.5. The molecular formula is C33H48N2O10Si2. The van der Waals surface area contributed by atoms with Crippen molar-refractivity contribution in [3.63, 3.8) is 0 Å². The number of unbranched alkanes of at least 4 members (excludes halogenated alkanes) is 1. The topological polar surface area (TPSA) is 130 Å². The first-order chi connectivity index (χ1) is 22.7. The van der Waals surface area contributed by atoms with Gasteiger partial charge in [-0.15, -0.1) is 0 Å². The lowest BCUT2D eigenvalue weighted by atomic mass is 9.86. The Bertz CT molecular complexity index is 1360. The monoisotopic (exact) mass is 688 g/mol. The molecule has 2 aromatic carbocycles. The third kappa shape index (κ3) is 7.59. The van der Waals surface area contributed by atoms with Crippen LogP contribution in [0.15, 0.2) is 24.3 Å². The number of carbonyl (C=O) groups is 4. The van der Waals surface area contributed by atoms with E-state index >= 15 is 0 Å². The van der Waals surface area contributed by atoms with Crippen molar-refractivity contribution >= 4 is 52.0 Å². The van der Waals surface area contributed by atoms with Crippen molar-refractivity contribution in [1.82, 2.24) is 9.80 Å². The SMILES string of the molecule is CCO[Si](CCCCN1C(=O)c2ccc3c4c(ccc(c24)C1=O)C(=O)N(CCC[Si](OCC)(OCC)OCC)C3=O)(OCC)OCC. The number of nitrogens with zero attached hydrogens (tertiary/aromatic N) is 2. The van der Waals surface area contributed by atoms with Gasteiger partial charge in [-0.25, -0.2) is 0 Å². The van der Waals surface area contributed by atoms with E-state index in [-0.39, 0.29) is 13.1 Å². The maximum atomic E-state index is 13.7. The van der Waals surface area contributed by atoms with Crippen molar-refractivity contribution in [1.29, 1.82) is 0 Å². The number of carbonyl (C=O) groups excluding carboxylic acids is 4. The first-order valence-electron chi connectivity index (χ1n) is 16.8. The van der Waals surface area contributed by atoms with Gasteiger partial charge in [0.15, 0.2) is 0 Å². The molecule has 4 amide bonds. The van der Waals surface area contributed by atoms with Crippen LogP contribution in [0.25, 0.3) is 10.8 Å². The summed E-state index contributed by atoms with van der Waals surface area (Å²) in [6.07, 6.45) is 1.62. The summed E-state index contributed by atoms with van der Waals surface area (Å²) in [7, 11) is -5.80. The van der Waals surface area contributed by atoms with Crippen molar-refractivity contribution < 1.29 is 45.7 Å². The van der Waals surface area contributed by atoms with E-state index in [9.17, 15) is 19.2 Å². The van der Waals surface area contributed by atoms with E-state index in [4.69, 9.17) is 26.6 Å². The van der Waals surface area contributed by atoms with Gasteiger partial charge in [0, 0.05) is 97.8 Å². The lowest BCUT2D eigenvalue weighted by Gasteiger charge is -2.33. The van der Waals surface area contributed by atoms with Gasteiger partial charge in [0.2, 0.25) is 0 Å². The molecule has 4 rings (SSSR count). The highest BCUT2D eigenvalue weighted by atomic mass is 28.4. The summed E-state index contributed by atoms with van der Waals surface area (Å²) in [5.74, 6) is -1.81. The van der Waals surface area contributed by atoms with Gasteiger partial charge < -0.3 is 26.6 Å². The fourth-order valence-electron chi connectivity index (χ4n) is 6.45. The van der Waals surface area contributed by atoms with Gasteiger partial charge in [0.25, 0.3) is 23.6 Å². The number of rotatable bonds is 21. The summed E-state index contributed by atoms with van der Waals surface area (Å²) < 4.78 is 35.6. The molecule has 2 aliphatic heterocycles. The summed E-state index contributed by atoms with van der Waals surface area (Å²) in [5.41, 5.74) is 1.19. The van der Waals surface area contributed by atoms with Gasteiger partial charge in [0.1, 0.15) is 0 Å². The van der Waals surface area contributed by atoms with E-state index < -0.39 is 41.2 Å². The minimum absolute atomic E-state index is 0.149. The highest BCUT2D eigenvalue weighted by molar-refractivity contribution is 6.61. The van der Waals surface area contributed by atoms with Crippen LogP contribution in [0.1, 0.15) is 102 Å². The Balaban J connectivity index is 1.52. The molecule has 0 aromatic heterocycles. The molecule has 0 unspecified atom stereocenters. The first kappa shape index (κ1) is 37.0. The van der Waals surface area contributed by atoms with Crippen LogP contribution < -0.4 is 0 Å². The second kappa shape index (κ2) is 16.5. The average Bonchev–Trinajstić information content (AvgIpc) is 3.04. The smallest absolute Gasteiger partial charge is 0.374 e. The van der Waals surface area contributed by atoms with Gasteiger partial charge >= 0.3 is 17.6 Å². The van der Waals surface area contributed by atoms with Crippen molar-refractivity contribution in [3.8, 4) is 0 Å². The second-order valence-electron chi connectivity index (χ2n) is 11.1. The minimum Gasteiger partial charge on any atom is -0.374 e. The Morgan fingerprint density at radius 2 is 0.723 bits per heavy atom. The number of benzene rings is 2. The van der Waals surface area contributed by atoms with Crippen LogP contribution in [-0.4, -0.2) is 104 Å². The first-order valence-corrected chi connectivity index (χ1v) is 20.7. The Kier molecular flexibility index (Phi) is 13.0. The number of amides is 4. The van der Waals surface area contributed by atoms with Crippen molar-refractivity contribution in [2.75, 3.05) is 52.7 Å². The van der Waals surface area contributed by atoms with Gasteiger partial charge in [-0.05, 0) is 85.1 Å². The molecule has 14 heteroatoms. The fraction of sp³-hybridized carbons (Fsp3) is 0.576. The van der Waals surface area contributed by atoms with Crippen LogP contribution in [0.5, 0.6) is 0 Å². The number of hydrogen-bond donors (Lipinski definition) is 0. The molecule has 0 aliphatic carbocycles. The van der Waals surface area contributed by atoms with Crippen molar-refractivity contribution in [3.05, 3.63) is 46.5 Å². The van der Waals surface area contributed by atoms with Gasteiger partial charge in [0.05, 0.1) is 0 Å². The predicted octanol–water partition coefficient (Wildman–Crippen LogP) is 5.30. The van der Waals surface area contributed by atoms with Gasteiger partial charge in [-0.1, -0.05) is 0 Å². The highest BCUT2D eigenvalue weighted by Crippen LogP contribution is 2.38. The number of hydrogen-bond acceptors (Lipinski definition) is 10. The maximum absolute atomic E-state index is 13.7. The predicted molar refractivity (Wildman–Crippen MR) is 179 cm³/mol. The van der Waals surface area contributed by atoms with Crippen LogP contribution in [0.4, 0.5) is 0 Å². The fourth-order valence-corrected chi connectivity index (χ4v) is 11.7. The molecule has 47 heavy (non-hydrogen) atoms. The third-order valence-corrected chi connectivity index (χ3v) is 14.5. The standard InChI is InChI=1S/C33H48N2O10Si2/c1-7-40-46(41-8-2,42-9-3)22-14-13-20-34-30(36)24-16-18-26-29-27(19-17-25(28(24)29)31(34)37)33(39)35(32(26)38)21-15-23-47(43-10-4,44-11-5)45-12-6/h16-19H,7-15,20-23H2,1-6H3. The second-order valence-corrected chi connectivity index (χ2v) is 16.6. The Labute approximate surface area is 279 Å². The summed E-state index contributed by atoms with van der Waals surface area (Å²) in [5, 5.41) is 0.716. The molecule has 0 saturated heterocycles. The number of imide groups is 2. The average molecular weight is 689 g/mol. The molecule has 2 aliphatic rings. The normalized spacial score (nSPS) is 15.0. The molecule has 0 N–H and O–H groups in total. The van der Waals surface area contributed by atoms with E-state index in [1.54, 1.807) is 24.3 Å². The van der Waals surface area contributed by atoms with Gasteiger partial charge in [-0.2, -0.15) is 0 Å². The van der Waals surface area contributed by atoms with E-state index in [1.165, 1.54) is 9.80 Å². The minimum atomic E-state index is -2.96. The molecular weight excluding hydrogens is 641 g/mol. The molecule has 0 saturated carbocycles. The quantitative estimate of drug-likeness (QED) is 0.0968. The Hall–Kier alpha value is -2.83. The largest absolute Gasteiger partial charge is 0.500 e. The van der Waals surface area contributed by atoms with Crippen LogP contribution in [0, 0.1) is 0 Å². The van der Waals surface area contributed by atoms with Crippen molar-refractivity contribution in [2.45, 2.75) is 72.9 Å². The summed E-state index contributed by atoms with van der Waals surface area (Å²) in [6.45, 7) is 14.4. The Morgan fingerprint density at radius 1 is 0.447 bits per heavy atom. The van der Waals surface area contributed by atoms with E-state index in [0.717, 1.165) is 0 Å². The molecule has 0 bridgehead atoms. The van der Waals surface area contributed by atoms with Crippen molar-refractivity contribution in [2.24, 2.45) is 0 Å². The molecule has 0 radical (unpaired) electrons. The lowest BCUT2D eigenvalue weighted by Crippen LogP contribution is -2.47. The maximum Gasteiger partial charge on any atom is 0.500 e. The Morgan fingerprint density at radius 3 is 1.02 bits per heavy atom. The summed E-state index contributed by atoms with van der Waals surface area (Å²) >= 11 is 0. The molecule has 0 fully saturated rings. The summed E-state index contributed by atoms with van der Waals surface area (Å²) in [6, 6.07) is 7.38. The molecule has 258 valence electrons. The van der Waals surface area contributed by atoms with Gasteiger partial charge in [-0.3, -0.25) is 29.0 Å². The van der Waals surface area contributed by atoms with E-state index in [1.807, 2.05) is 41.5 Å². The molecule has 0 atom stereocenters. The summed E-state index contributed by atoms with van der Waals surface area (Å²) in [4.78, 5) is 57.3. The lowest BCUT2D eigenvalue weighted by molar-refractivity contribution is 0.0571. The molecule has 2 heterocycles. The van der Waals surface area contributed by atoms with Crippen LogP contribution in [0.3, 0.4) is 0 Å². The van der Waals surface area contributed by atoms with Crippen LogP contribution in [-0.2, 0) is 26.6 Å². The molecule has 0 spiro atoms. The zero-order valence-corrected chi connectivity index (χ0v) is 30.5. The zero-order chi connectivity index (χ0) is 34.2. The van der Waals surface area contributed by atoms with E-state index in [0.29, 0.717) is 104 Å². The van der Waals surface area contributed by atoms with E-state index in [2.05, 4.69) is 0 Å². The highest BCUT2D eigenvalue weighted by Gasteiger charge is 2.43.